The van der Waals surface area contributed by atoms with Crippen LogP contribution >= 0.6 is 0 Å². The molecule has 1 heterocycles. The Morgan fingerprint density at radius 1 is 1.11 bits per heavy atom. The molecule has 0 amide bonds. The number of halogens is 1. The Kier molecular flexibility index (Phi) is 3.78. The summed E-state index contributed by atoms with van der Waals surface area (Å²) in [6, 6.07) is 8.48. The molecule has 0 saturated heterocycles. The number of rotatable bonds is 5. The Labute approximate surface area is 105 Å². The minimum Gasteiger partial charge on any atom is -0.353 e. The zero-order valence-corrected chi connectivity index (χ0v) is 10.4. The van der Waals surface area contributed by atoms with Gasteiger partial charge in [0.15, 0.2) is 0 Å². The van der Waals surface area contributed by atoms with Crippen molar-refractivity contribution in [2.24, 2.45) is 0 Å². The van der Waals surface area contributed by atoms with E-state index in [4.69, 9.17) is 0 Å². The van der Waals surface area contributed by atoms with Gasteiger partial charge in [-0.25, -0.2) is 17.5 Å². The Bertz CT molecular complexity index is 592. The van der Waals surface area contributed by atoms with E-state index < -0.39 is 15.8 Å². The standard InChI is InChI=1S/C12H13FN2O2S/c13-11-3-5-12(6-4-11)18(16,17)14-7-10-15-8-1-2-9-15/h1-6,8-9,14H,7,10H2. The van der Waals surface area contributed by atoms with Crippen LogP contribution in [0.25, 0.3) is 0 Å². The van der Waals surface area contributed by atoms with Crippen molar-refractivity contribution in [3.8, 4) is 0 Å². The summed E-state index contributed by atoms with van der Waals surface area (Å²) in [5.41, 5.74) is 0. The fraction of sp³-hybridized carbons (Fsp3) is 0.167. The third-order valence-electron chi connectivity index (χ3n) is 2.45. The van der Waals surface area contributed by atoms with Crippen LogP contribution in [0.4, 0.5) is 4.39 Å². The largest absolute Gasteiger partial charge is 0.353 e. The first kappa shape index (κ1) is 12.8. The SMILES string of the molecule is O=S(=O)(NCCn1cccc1)c1ccc(F)cc1. The number of sulfonamides is 1. The van der Waals surface area contributed by atoms with Gasteiger partial charge < -0.3 is 4.57 Å². The molecule has 0 aliphatic heterocycles. The highest BCUT2D eigenvalue weighted by atomic mass is 32.2. The molecule has 0 saturated carbocycles. The summed E-state index contributed by atoms with van der Waals surface area (Å²) in [4.78, 5) is 0.0661. The van der Waals surface area contributed by atoms with Crippen LogP contribution in [0.2, 0.25) is 0 Å². The molecular formula is C12H13FN2O2S. The second kappa shape index (κ2) is 5.32. The molecule has 0 spiro atoms. The summed E-state index contributed by atoms with van der Waals surface area (Å²) in [5, 5.41) is 0. The highest BCUT2D eigenvalue weighted by Gasteiger charge is 2.12. The predicted molar refractivity (Wildman–Crippen MR) is 66.0 cm³/mol. The average molecular weight is 268 g/mol. The van der Waals surface area contributed by atoms with Crippen molar-refractivity contribution in [1.82, 2.24) is 9.29 Å². The van der Waals surface area contributed by atoms with Gasteiger partial charge in [-0.05, 0) is 36.4 Å². The molecule has 0 radical (unpaired) electrons. The molecule has 6 heteroatoms. The second-order valence-electron chi connectivity index (χ2n) is 3.77. The normalized spacial score (nSPS) is 11.6. The third kappa shape index (κ3) is 3.18. The molecule has 1 N–H and O–H groups in total. The van der Waals surface area contributed by atoms with E-state index in [1.54, 1.807) is 0 Å². The Morgan fingerprint density at radius 2 is 1.72 bits per heavy atom. The zero-order chi connectivity index (χ0) is 13.0. The van der Waals surface area contributed by atoms with Crippen molar-refractivity contribution in [3.05, 3.63) is 54.6 Å². The molecule has 0 atom stereocenters. The van der Waals surface area contributed by atoms with Gasteiger partial charge in [0.25, 0.3) is 0 Å². The number of nitrogens with one attached hydrogen (secondary N) is 1. The van der Waals surface area contributed by atoms with Crippen LogP contribution in [-0.4, -0.2) is 19.5 Å². The van der Waals surface area contributed by atoms with E-state index in [1.165, 1.54) is 12.1 Å². The summed E-state index contributed by atoms with van der Waals surface area (Å²) < 4.78 is 40.7. The van der Waals surface area contributed by atoms with Gasteiger partial charge in [0.2, 0.25) is 10.0 Å². The predicted octanol–water partition coefficient (Wildman–Crippen LogP) is 1.61. The minimum atomic E-state index is -3.56. The maximum Gasteiger partial charge on any atom is 0.240 e. The van der Waals surface area contributed by atoms with E-state index in [2.05, 4.69) is 4.72 Å². The van der Waals surface area contributed by atoms with E-state index >= 15 is 0 Å². The van der Waals surface area contributed by atoms with Gasteiger partial charge in [0, 0.05) is 25.5 Å². The van der Waals surface area contributed by atoms with Crippen LogP contribution in [-0.2, 0) is 16.6 Å². The fourth-order valence-corrected chi connectivity index (χ4v) is 2.55. The molecule has 0 bridgehead atoms. The van der Waals surface area contributed by atoms with Crippen molar-refractivity contribution in [2.75, 3.05) is 6.54 Å². The Morgan fingerprint density at radius 3 is 2.33 bits per heavy atom. The van der Waals surface area contributed by atoms with Gasteiger partial charge in [0.05, 0.1) is 4.90 Å². The molecule has 2 aromatic rings. The molecule has 96 valence electrons. The quantitative estimate of drug-likeness (QED) is 0.895. The summed E-state index contributed by atoms with van der Waals surface area (Å²) >= 11 is 0. The van der Waals surface area contributed by atoms with Gasteiger partial charge in [-0.2, -0.15) is 0 Å². The van der Waals surface area contributed by atoms with Crippen molar-refractivity contribution in [2.45, 2.75) is 11.4 Å². The average Bonchev–Trinajstić information content (AvgIpc) is 2.82. The summed E-state index contributed by atoms with van der Waals surface area (Å²) in [6.07, 6.45) is 3.71. The number of hydrogen-bond donors (Lipinski definition) is 1. The van der Waals surface area contributed by atoms with Gasteiger partial charge in [-0.1, -0.05) is 0 Å². The first-order valence-corrected chi connectivity index (χ1v) is 6.92. The Hall–Kier alpha value is -1.66. The lowest BCUT2D eigenvalue weighted by molar-refractivity contribution is 0.572. The van der Waals surface area contributed by atoms with Gasteiger partial charge in [-0.15, -0.1) is 0 Å². The van der Waals surface area contributed by atoms with Crippen LogP contribution in [0.15, 0.2) is 53.7 Å². The Balaban J connectivity index is 1.97. The van der Waals surface area contributed by atoms with E-state index in [0.717, 1.165) is 12.1 Å². The van der Waals surface area contributed by atoms with Crippen molar-refractivity contribution in [3.63, 3.8) is 0 Å². The number of nitrogens with zero attached hydrogens (tertiary/aromatic N) is 1. The first-order chi connectivity index (χ1) is 8.58. The topological polar surface area (TPSA) is 51.1 Å². The third-order valence-corrected chi connectivity index (χ3v) is 3.93. The van der Waals surface area contributed by atoms with Crippen molar-refractivity contribution < 1.29 is 12.8 Å². The smallest absolute Gasteiger partial charge is 0.240 e. The molecule has 0 aliphatic carbocycles. The minimum absolute atomic E-state index is 0.0661. The molecule has 4 nitrogen and oxygen atoms in total. The second-order valence-corrected chi connectivity index (χ2v) is 5.54. The van der Waals surface area contributed by atoms with E-state index in [9.17, 15) is 12.8 Å². The lowest BCUT2D eigenvalue weighted by Gasteiger charge is -2.07. The molecular weight excluding hydrogens is 255 g/mol. The first-order valence-electron chi connectivity index (χ1n) is 5.44. The molecule has 0 unspecified atom stereocenters. The van der Waals surface area contributed by atoms with E-state index in [0.29, 0.717) is 6.54 Å². The molecule has 2 rings (SSSR count). The lowest BCUT2D eigenvalue weighted by atomic mass is 10.4. The molecule has 18 heavy (non-hydrogen) atoms. The van der Waals surface area contributed by atoms with Crippen LogP contribution < -0.4 is 4.72 Å². The lowest BCUT2D eigenvalue weighted by Crippen LogP contribution is -2.27. The number of aromatic nitrogens is 1. The summed E-state index contributed by atoms with van der Waals surface area (Å²) in [7, 11) is -3.56. The van der Waals surface area contributed by atoms with Gasteiger partial charge in [-0.3, -0.25) is 0 Å². The van der Waals surface area contributed by atoms with Crippen LogP contribution in [0.5, 0.6) is 0 Å². The van der Waals surface area contributed by atoms with Crippen LogP contribution in [0, 0.1) is 5.82 Å². The van der Waals surface area contributed by atoms with Crippen LogP contribution in [0.3, 0.4) is 0 Å². The van der Waals surface area contributed by atoms with Crippen LogP contribution in [0.1, 0.15) is 0 Å². The summed E-state index contributed by atoms with van der Waals surface area (Å²) in [6.45, 7) is 0.835. The maximum absolute atomic E-state index is 12.7. The number of hydrogen-bond acceptors (Lipinski definition) is 2. The molecule has 0 fully saturated rings. The highest BCUT2D eigenvalue weighted by Crippen LogP contribution is 2.09. The van der Waals surface area contributed by atoms with Crippen molar-refractivity contribution >= 4 is 10.0 Å². The van der Waals surface area contributed by atoms with E-state index in [-0.39, 0.29) is 11.4 Å². The number of benzene rings is 1. The summed E-state index contributed by atoms with van der Waals surface area (Å²) in [5.74, 6) is -0.457. The van der Waals surface area contributed by atoms with Crippen molar-refractivity contribution in [1.29, 1.82) is 0 Å². The molecule has 0 aliphatic rings. The molecule has 1 aromatic carbocycles. The fourth-order valence-electron chi connectivity index (χ4n) is 1.53. The highest BCUT2D eigenvalue weighted by molar-refractivity contribution is 7.89. The van der Waals surface area contributed by atoms with Gasteiger partial charge in [0.1, 0.15) is 5.82 Å². The monoisotopic (exact) mass is 268 g/mol. The molecule has 1 aromatic heterocycles. The van der Waals surface area contributed by atoms with E-state index in [1.807, 2.05) is 29.1 Å². The zero-order valence-electron chi connectivity index (χ0n) is 9.58. The maximum atomic E-state index is 12.7. The van der Waals surface area contributed by atoms with Gasteiger partial charge >= 0.3 is 0 Å².